The molecule has 0 atom stereocenters. The zero-order valence-corrected chi connectivity index (χ0v) is 23.0. The van der Waals surface area contributed by atoms with Gasteiger partial charge in [0.25, 0.3) is 0 Å². The highest BCUT2D eigenvalue weighted by Gasteiger charge is 2.21. The van der Waals surface area contributed by atoms with Gasteiger partial charge in [0.15, 0.2) is 18.4 Å². The third-order valence-electron chi connectivity index (χ3n) is 6.40. The van der Waals surface area contributed by atoms with Crippen LogP contribution in [0.1, 0.15) is 5.56 Å². The number of hydrogen-bond acceptors (Lipinski definition) is 7. The van der Waals surface area contributed by atoms with Gasteiger partial charge < -0.3 is 24.3 Å². The second-order valence-electron chi connectivity index (χ2n) is 8.85. The van der Waals surface area contributed by atoms with Crippen molar-refractivity contribution in [2.75, 3.05) is 33.4 Å². The Morgan fingerprint density at radius 3 is 2.52 bits per heavy atom. The van der Waals surface area contributed by atoms with E-state index >= 15 is 4.39 Å². The number of anilines is 1. The molecular formula is C31H27ClFN3O4. The van der Waals surface area contributed by atoms with Gasteiger partial charge in [0.2, 0.25) is 0 Å². The van der Waals surface area contributed by atoms with Crippen LogP contribution in [0.15, 0.2) is 79.1 Å². The molecule has 0 saturated carbocycles. The largest absolute Gasteiger partial charge is 0.497 e. The fraction of sp³-hybridized carbons (Fsp3) is 0.161. The van der Waals surface area contributed by atoms with Crippen LogP contribution >= 0.6 is 11.6 Å². The molecule has 0 amide bonds. The molecule has 0 aliphatic heterocycles. The van der Waals surface area contributed by atoms with E-state index in [1.165, 1.54) is 19.2 Å². The standard InChI is InChI=1S/C31H27ClFN3O4/c1-37-18-40-30-24(26-17-34-15-19-6-4-5-7-23(19)26)14-28(25-12-21(32)9-11-27(25)33)36-31(30)35-16-20-8-10-22(38-2)13-29(20)39-3/h4-15,17H,16,18H2,1-3H3,(H,35,36). The number of hydrogen-bond donors (Lipinski definition) is 1. The van der Waals surface area contributed by atoms with Gasteiger partial charge in [-0.1, -0.05) is 35.9 Å². The van der Waals surface area contributed by atoms with Gasteiger partial charge in [-0.3, -0.25) is 4.98 Å². The molecule has 3 aromatic carbocycles. The van der Waals surface area contributed by atoms with Gasteiger partial charge in [-0.2, -0.15) is 0 Å². The SMILES string of the molecule is COCOc1c(-c2cncc3ccccc23)cc(-c2cc(Cl)ccc2F)nc1NCc1ccc(OC)cc1OC. The Bertz CT molecular complexity index is 1660. The first kappa shape index (κ1) is 27.2. The van der Waals surface area contributed by atoms with Crippen molar-refractivity contribution in [3.8, 4) is 39.6 Å². The van der Waals surface area contributed by atoms with Gasteiger partial charge in [0, 0.05) is 64.8 Å². The lowest BCUT2D eigenvalue weighted by atomic mass is 9.98. The normalized spacial score (nSPS) is 10.9. The van der Waals surface area contributed by atoms with Crippen molar-refractivity contribution in [1.82, 2.24) is 9.97 Å². The average Bonchev–Trinajstić information content (AvgIpc) is 2.99. The van der Waals surface area contributed by atoms with E-state index < -0.39 is 5.82 Å². The van der Waals surface area contributed by atoms with E-state index in [9.17, 15) is 0 Å². The lowest BCUT2D eigenvalue weighted by Gasteiger charge is -2.19. The Hall–Kier alpha value is -4.40. The molecule has 5 rings (SSSR count). The third-order valence-corrected chi connectivity index (χ3v) is 6.63. The quantitative estimate of drug-likeness (QED) is 0.179. The minimum Gasteiger partial charge on any atom is -0.497 e. The van der Waals surface area contributed by atoms with Gasteiger partial charge in [-0.05, 0) is 41.8 Å². The van der Waals surface area contributed by atoms with E-state index in [0.717, 1.165) is 21.9 Å². The fourth-order valence-corrected chi connectivity index (χ4v) is 4.63. The van der Waals surface area contributed by atoms with Crippen molar-refractivity contribution < 1.29 is 23.3 Å². The molecule has 204 valence electrons. The first-order valence-electron chi connectivity index (χ1n) is 12.4. The molecule has 2 aromatic heterocycles. The molecule has 0 radical (unpaired) electrons. The molecule has 0 saturated heterocycles. The van der Waals surface area contributed by atoms with Crippen LogP contribution in [0.25, 0.3) is 33.2 Å². The number of ether oxygens (including phenoxy) is 4. The number of benzene rings is 3. The molecule has 7 nitrogen and oxygen atoms in total. The number of rotatable bonds is 10. The summed E-state index contributed by atoms with van der Waals surface area (Å²) in [7, 11) is 4.73. The van der Waals surface area contributed by atoms with E-state index in [4.69, 9.17) is 35.5 Å². The smallest absolute Gasteiger partial charge is 0.188 e. The Labute approximate surface area is 236 Å². The van der Waals surface area contributed by atoms with E-state index in [-0.39, 0.29) is 12.4 Å². The Morgan fingerprint density at radius 1 is 0.875 bits per heavy atom. The van der Waals surface area contributed by atoms with Gasteiger partial charge in [-0.15, -0.1) is 0 Å². The van der Waals surface area contributed by atoms with Crippen molar-refractivity contribution in [1.29, 1.82) is 0 Å². The maximum Gasteiger partial charge on any atom is 0.188 e. The topological polar surface area (TPSA) is 74.7 Å². The monoisotopic (exact) mass is 559 g/mol. The molecule has 5 aromatic rings. The molecule has 0 aliphatic rings. The van der Waals surface area contributed by atoms with E-state index in [0.29, 0.717) is 45.9 Å². The molecule has 1 N–H and O–H groups in total. The zero-order valence-electron chi connectivity index (χ0n) is 22.2. The summed E-state index contributed by atoms with van der Waals surface area (Å²) in [6.07, 6.45) is 3.55. The van der Waals surface area contributed by atoms with Crippen molar-refractivity contribution in [2.24, 2.45) is 0 Å². The molecule has 0 bridgehead atoms. The van der Waals surface area contributed by atoms with E-state index in [2.05, 4.69) is 10.3 Å². The molecule has 2 heterocycles. The number of aromatic nitrogens is 2. The summed E-state index contributed by atoms with van der Waals surface area (Å²) in [5.74, 6) is 1.68. The van der Waals surface area contributed by atoms with Crippen LogP contribution in [0.4, 0.5) is 10.2 Å². The summed E-state index contributed by atoms with van der Waals surface area (Å²) in [5.41, 5.74) is 2.94. The average molecular weight is 560 g/mol. The van der Waals surface area contributed by atoms with Gasteiger partial charge in [0.05, 0.1) is 19.9 Å². The number of methoxy groups -OCH3 is 3. The van der Waals surface area contributed by atoms with Gasteiger partial charge in [0.1, 0.15) is 17.3 Å². The second kappa shape index (κ2) is 12.2. The first-order chi connectivity index (χ1) is 19.5. The molecule has 9 heteroatoms. The van der Waals surface area contributed by atoms with Crippen LogP contribution in [-0.4, -0.2) is 38.1 Å². The van der Waals surface area contributed by atoms with Crippen LogP contribution in [0.3, 0.4) is 0 Å². The fourth-order valence-electron chi connectivity index (χ4n) is 4.46. The van der Waals surface area contributed by atoms with Crippen LogP contribution in [-0.2, 0) is 11.3 Å². The van der Waals surface area contributed by atoms with Crippen molar-refractivity contribution >= 4 is 28.2 Å². The summed E-state index contributed by atoms with van der Waals surface area (Å²) < 4.78 is 37.3. The summed E-state index contributed by atoms with van der Waals surface area (Å²) in [6.45, 7) is 0.302. The molecule has 0 unspecified atom stereocenters. The van der Waals surface area contributed by atoms with Gasteiger partial charge in [-0.25, -0.2) is 9.37 Å². The van der Waals surface area contributed by atoms with Crippen LogP contribution in [0.2, 0.25) is 5.02 Å². The predicted octanol–water partition coefficient (Wildman–Crippen LogP) is 7.37. The number of pyridine rings is 2. The van der Waals surface area contributed by atoms with Crippen LogP contribution in [0, 0.1) is 5.82 Å². The molecule has 0 spiro atoms. The molecule has 0 fully saturated rings. The lowest BCUT2D eigenvalue weighted by Crippen LogP contribution is -2.09. The Balaban J connectivity index is 1.71. The minimum atomic E-state index is -0.452. The Morgan fingerprint density at radius 2 is 1.73 bits per heavy atom. The summed E-state index contributed by atoms with van der Waals surface area (Å²) >= 11 is 6.26. The third kappa shape index (κ3) is 5.64. The molecular weight excluding hydrogens is 533 g/mol. The minimum absolute atomic E-state index is 0.0295. The highest BCUT2D eigenvalue weighted by Crippen LogP contribution is 2.42. The van der Waals surface area contributed by atoms with E-state index in [1.54, 1.807) is 44.8 Å². The number of nitrogens with one attached hydrogen (secondary N) is 1. The van der Waals surface area contributed by atoms with Crippen LogP contribution in [0.5, 0.6) is 17.2 Å². The van der Waals surface area contributed by atoms with E-state index in [1.807, 2.05) is 36.4 Å². The maximum absolute atomic E-state index is 15.1. The highest BCUT2D eigenvalue weighted by atomic mass is 35.5. The first-order valence-corrected chi connectivity index (χ1v) is 12.8. The lowest BCUT2D eigenvalue weighted by molar-refractivity contribution is 0.0518. The number of fused-ring (bicyclic) bond motifs is 1. The molecule has 40 heavy (non-hydrogen) atoms. The maximum atomic E-state index is 15.1. The van der Waals surface area contributed by atoms with Crippen molar-refractivity contribution in [3.05, 3.63) is 95.5 Å². The second-order valence-corrected chi connectivity index (χ2v) is 9.28. The van der Waals surface area contributed by atoms with Crippen molar-refractivity contribution in [2.45, 2.75) is 6.54 Å². The van der Waals surface area contributed by atoms with Crippen LogP contribution < -0.4 is 19.5 Å². The summed E-state index contributed by atoms with van der Waals surface area (Å²) in [5, 5.41) is 5.65. The van der Waals surface area contributed by atoms with Gasteiger partial charge >= 0.3 is 0 Å². The Kier molecular flexibility index (Phi) is 8.28. The molecule has 0 aliphatic carbocycles. The predicted molar refractivity (Wildman–Crippen MR) is 155 cm³/mol. The number of nitrogens with zero attached hydrogens (tertiary/aromatic N) is 2. The summed E-state index contributed by atoms with van der Waals surface area (Å²) in [4.78, 5) is 9.25. The van der Waals surface area contributed by atoms with Crippen molar-refractivity contribution in [3.63, 3.8) is 0 Å². The zero-order chi connectivity index (χ0) is 28.1. The number of halogens is 2. The highest BCUT2D eigenvalue weighted by molar-refractivity contribution is 6.30. The summed E-state index contributed by atoms with van der Waals surface area (Å²) in [6, 6.07) is 19.6.